The highest BCUT2D eigenvalue weighted by Crippen LogP contribution is 2.33. The smallest absolute Gasteiger partial charge is 0.303 e. The van der Waals surface area contributed by atoms with Crippen LogP contribution >= 0.6 is 0 Å². The fourth-order valence-electron chi connectivity index (χ4n) is 3.95. The quantitative estimate of drug-likeness (QED) is 0.380. The molecule has 5 rings (SSSR count). The molecule has 0 saturated heterocycles. The van der Waals surface area contributed by atoms with Gasteiger partial charge in [0.2, 0.25) is 6.41 Å². The summed E-state index contributed by atoms with van der Waals surface area (Å²) in [6, 6.07) is 24.4. The van der Waals surface area contributed by atoms with Crippen molar-refractivity contribution in [3.63, 3.8) is 0 Å². The molecule has 1 unspecified atom stereocenters. The molecule has 4 aromatic rings. The number of carbonyl (C=O) groups is 2. The molecule has 1 amide bonds. The van der Waals surface area contributed by atoms with Gasteiger partial charge in [-0.2, -0.15) is 5.10 Å². The highest BCUT2D eigenvalue weighted by molar-refractivity contribution is 6.04. The Bertz CT molecular complexity index is 1340. The number of carboxylic acid groups (broad SMARTS) is 1. The summed E-state index contributed by atoms with van der Waals surface area (Å²) in [4.78, 5) is 29.9. The molecule has 0 spiro atoms. The number of amides is 1. The molecule has 0 saturated carbocycles. The number of carbonyl (C=O) groups excluding carboxylic acids is 1. The van der Waals surface area contributed by atoms with Gasteiger partial charge < -0.3 is 5.11 Å². The summed E-state index contributed by atoms with van der Waals surface area (Å²) in [5.41, 5.74) is 6.90. The van der Waals surface area contributed by atoms with Crippen LogP contribution in [0.5, 0.6) is 0 Å². The van der Waals surface area contributed by atoms with E-state index in [0.717, 1.165) is 46.3 Å². The first-order valence-corrected chi connectivity index (χ1v) is 11.5. The molecular formula is C28H26N4O3. The minimum Gasteiger partial charge on any atom is -0.481 e. The number of carboxylic acids is 1. The van der Waals surface area contributed by atoms with E-state index in [1.54, 1.807) is 12.4 Å². The molecule has 0 bridgehead atoms. The topological polar surface area (TPSA) is 95.8 Å². The Hall–Kier alpha value is -4.39. The lowest BCUT2D eigenvalue weighted by Gasteiger charge is -2.17. The van der Waals surface area contributed by atoms with E-state index in [9.17, 15) is 9.59 Å². The van der Waals surface area contributed by atoms with Crippen LogP contribution < -0.4 is 0 Å². The van der Waals surface area contributed by atoms with Crippen molar-refractivity contribution in [3.8, 4) is 11.1 Å². The van der Waals surface area contributed by atoms with Gasteiger partial charge in [-0.05, 0) is 35.2 Å². The highest BCUT2D eigenvalue weighted by Gasteiger charge is 2.28. The van der Waals surface area contributed by atoms with E-state index in [1.165, 1.54) is 10.6 Å². The summed E-state index contributed by atoms with van der Waals surface area (Å²) in [6.07, 6.45) is 5.84. The lowest BCUT2D eigenvalue weighted by molar-refractivity contribution is -0.137. The number of nitrogens with zero attached hydrogens (tertiary/aromatic N) is 4. The molecule has 1 aromatic heterocycles. The molecule has 0 radical (unpaired) electrons. The molecule has 1 N–H and O–H groups in total. The van der Waals surface area contributed by atoms with Gasteiger partial charge in [-0.15, -0.1) is 0 Å². The van der Waals surface area contributed by atoms with E-state index in [-0.39, 0.29) is 6.04 Å². The summed E-state index contributed by atoms with van der Waals surface area (Å²) in [5.74, 6) is -0.711. The van der Waals surface area contributed by atoms with Crippen LogP contribution in [0.3, 0.4) is 0 Å². The molecule has 2 heterocycles. The Labute approximate surface area is 203 Å². The van der Waals surface area contributed by atoms with Crippen molar-refractivity contribution < 1.29 is 14.7 Å². The standard InChI is InChI=1S/C24H18N4O.C4H8O2/c29-16-28-24(19-8-6-18(7-9-19)17-4-2-1-3-5-17)15-22(27-28)20-10-11-21-23(14-20)26-13-12-25-21;1-2-3-4(5)6/h1-14,16,24H,15H2;2-3H2,1H3,(H,5,6). The van der Waals surface area contributed by atoms with Gasteiger partial charge in [0.25, 0.3) is 0 Å². The zero-order chi connectivity index (χ0) is 24.6. The van der Waals surface area contributed by atoms with Crippen molar-refractivity contribution in [1.29, 1.82) is 0 Å². The van der Waals surface area contributed by atoms with Crippen LogP contribution in [0, 0.1) is 0 Å². The SMILES string of the molecule is CCCC(=O)O.O=CN1N=C(c2ccc3nccnc3c2)CC1c1ccc(-c2ccccc2)cc1. The van der Waals surface area contributed by atoms with Gasteiger partial charge in [-0.25, -0.2) is 5.01 Å². The predicted octanol–water partition coefficient (Wildman–Crippen LogP) is 5.48. The average molecular weight is 467 g/mol. The van der Waals surface area contributed by atoms with E-state index in [1.807, 2.05) is 43.3 Å². The maximum Gasteiger partial charge on any atom is 0.303 e. The van der Waals surface area contributed by atoms with E-state index >= 15 is 0 Å². The maximum absolute atomic E-state index is 11.7. The molecule has 7 nitrogen and oxygen atoms in total. The average Bonchev–Trinajstić information content (AvgIpc) is 3.34. The van der Waals surface area contributed by atoms with Gasteiger partial charge in [0.15, 0.2) is 0 Å². The van der Waals surface area contributed by atoms with Crippen LogP contribution in [0.2, 0.25) is 0 Å². The number of rotatable bonds is 6. The predicted molar refractivity (Wildman–Crippen MR) is 136 cm³/mol. The Morgan fingerprint density at radius 2 is 1.60 bits per heavy atom. The van der Waals surface area contributed by atoms with Gasteiger partial charge in [0.1, 0.15) is 0 Å². The second kappa shape index (κ2) is 11.2. The molecule has 3 aromatic carbocycles. The normalized spacial score (nSPS) is 14.7. The van der Waals surface area contributed by atoms with E-state index in [2.05, 4.69) is 51.5 Å². The molecule has 176 valence electrons. The number of hydrazone groups is 1. The minimum atomic E-state index is -0.711. The molecule has 1 aliphatic heterocycles. The van der Waals surface area contributed by atoms with Crippen LogP contribution in [0.4, 0.5) is 0 Å². The lowest BCUT2D eigenvalue weighted by atomic mass is 9.96. The third-order valence-corrected chi connectivity index (χ3v) is 5.72. The monoisotopic (exact) mass is 466 g/mol. The third-order valence-electron chi connectivity index (χ3n) is 5.72. The first-order valence-electron chi connectivity index (χ1n) is 11.5. The van der Waals surface area contributed by atoms with Crippen LogP contribution in [-0.4, -0.2) is 38.2 Å². The number of benzene rings is 3. The van der Waals surface area contributed by atoms with Gasteiger partial charge in [-0.3, -0.25) is 19.6 Å². The Morgan fingerprint density at radius 1 is 0.943 bits per heavy atom. The first-order chi connectivity index (χ1) is 17.1. The maximum atomic E-state index is 11.7. The molecule has 0 fully saturated rings. The van der Waals surface area contributed by atoms with Gasteiger partial charge in [-0.1, -0.05) is 67.6 Å². The largest absolute Gasteiger partial charge is 0.481 e. The van der Waals surface area contributed by atoms with Crippen molar-refractivity contribution in [3.05, 3.63) is 96.3 Å². The number of hydrogen-bond acceptors (Lipinski definition) is 5. The van der Waals surface area contributed by atoms with Crippen LogP contribution in [0.25, 0.3) is 22.2 Å². The number of hydrogen-bond donors (Lipinski definition) is 1. The summed E-state index contributed by atoms with van der Waals surface area (Å²) in [6.45, 7) is 1.84. The van der Waals surface area contributed by atoms with Crippen LogP contribution in [-0.2, 0) is 9.59 Å². The molecule has 0 aliphatic carbocycles. The summed E-state index contributed by atoms with van der Waals surface area (Å²) < 4.78 is 0. The lowest BCUT2D eigenvalue weighted by Crippen LogP contribution is -2.17. The first kappa shape index (κ1) is 23.8. The minimum absolute atomic E-state index is 0.107. The number of aromatic nitrogens is 2. The molecular weight excluding hydrogens is 440 g/mol. The zero-order valence-corrected chi connectivity index (χ0v) is 19.4. The molecule has 1 atom stereocenters. The highest BCUT2D eigenvalue weighted by atomic mass is 16.4. The molecule has 7 heteroatoms. The van der Waals surface area contributed by atoms with Crippen molar-refractivity contribution in [2.45, 2.75) is 32.2 Å². The fourth-order valence-corrected chi connectivity index (χ4v) is 3.95. The van der Waals surface area contributed by atoms with Gasteiger partial charge in [0, 0.05) is 30.8 Å². The zero-order valence-electron chi connectivity index (χ0n) is 19.4. The summed E-state index contributed by atoms with van der Waals surface area (Å²) >= 11 is 0. The Kier molecular flexibility index (Phi) is 7.57. The Morgan fingerprint density at radius 3 is 2.23 bits per heavy atom. The van der Waals surface area contributed by atoms with E-state index in [4.69, 9.17) is 5.11 Å². The second-order valence-electron chi connectivity index (χ2n) is 8.14. The van der Waals surface area contributed by atoms with E-state index in [0.29, 0.717) is 12.8 Å². The fraction of sp³-hybridized carbons (Fsp3) is 0.179. The van der Waals surface area contributed by atoms with Crippen molar-refractivity contribution in [2.24, 2.45) is 5.10 Å². The van der Waals surface area contributed by atoms with Crippen LogP contribution in [0.15, 0.2) is 90.3 Å². The second-order valence-corrected chi connectivity index (χ2v) is 8.14. The van der Waals surface area contributed by atoms with Gasteiger partial charge >= 0.3 is 5.97 Å². The third kappa shape index (κ3) is 5.76. The van der Waals surface area contributed by atoms with Crippen molar-refractivity contribution in [2.75, 3.05) is 0 Å². The van der Waals surface area contributed by atoms with Gasteiger partial charge in [0.05, 0.1) is 22.8 Å². The van der Waals surface area contributed by atoms with E-state index < -0.39 is 5.97 Å². The Balaban J connectivity index is 0.000000431. The van der Waals surface area contributed by atoms with Crippen molar-refractivity contribution >= 4 is 29.1 Å². The number of fused-ring (bicyclic) bond motifs is 1. The van der Waals surface area contributed by atoms with Crippen LogP contribution in [0.1, 0.15) is 43.4 Å². The molecule has 1 aliphatic rings. The number of aliphatic carboxylic acids is 1. The summed E-state index contributed by atoms with van der Waals surface area (Å²) in [5, 5.41) is 14.0. The van der Waals surface area contributed by atoms with Crippen molar-refractivity contribution in [1.82, 2.24) is 15.0 Å². The molecule has 35 heavy (non-hydrogen) atoms. The summed E-state index contributed by atoms with van der Waals surface area (Å²) in [7, 11) is 0.